The summed E-state index contributed by atoms with van der Waals surface area (Å²) in [4.78, 5) is 2.53. The maximum Gasteiger partial charge on any atom is 0.0646 e. The summed E-state index contributed by atoms with van der Waals surface area (Å²) in [6.07, 6.45) is 0. The molecule has 0 unspecified atom stereocenters. The van der Waals surface area contributed by atoms with Gasteiger partial charge in [0.1, 0.15) is 0 Å². The van der Waals surface area contributed by atoms with Gasteiger partial charge in [-0.1, -0.05) is 166 Å². The number of anilines is 3. The molecule has 0 saturated heterocycles. The summed E-state index contributed by atoms with van der Waals surface area (Å²) in [7, 11) is 0. The van der Waals surface area contributed by atoms with Crippen molar-refractivity contribution in [3.63, 3.8) is 0 Å². The summed E-state index contributed by atoms with van der Waals surface area (Å²) in [5, 5.41) is 2.57. The summed E-state index contributed by atoms with van der Waals surface area (Å²) in [6.45, 7) is 4.74. The first-order valence-electron chi connectivity index (χ1n) is 18.3. The van der Waals surface area contributed by atoms with Gasteiger partial charge in [-0.3, -0.25) is 0 Å². The van der Waals surface area contributed by atoms with Crippen LogP contribution in [-0.2, 0) is 5.41 Å². The predicted molar refractivity (Wildman–Crippen MR) is 228 cm³/mol. The Morgan fingerprint density at radius 1 is 0.396 bits per heavy atom. The molecule has 1 nitrogen and oxygen atoms in total. The Hall–Kier alpha value is -6.22. The van der Waals surface area contributed by atoms with Gasteiger partial charge in [0.25, 0.3) is 0 Å². The Morgan fingerprint density at radius 2 is 0.981 bits per heavy atom. The van der Waals surface area contributed by atoms with Crippen molar-refractivity contribution >= 4 is 48.6 Å². The summed E-state index contributed by atoms with van der Waals surface area (Å²) in [6, 6.07) is 69.1. The fourth-order valence-electron chi connectivity index (χ4n) is 8.40. The van der Waals surface area contributed by atoms with Gasteiger partial charge in [-0.2, -0.15) is 0 Å². The molecule has 0 radical (unpaired) electrons. The van der Waals surface area contributed by atoms with Gasteiger partial charge in [-0.05, 0) is 86.5 Å². The highest BCUT2D eigenvalue weighted by Crippen LogP contribution is 2.53. The lowest BCUT2D eigenvalue weighted by Crippen LogP contribution is -2.17. The monoisotopic (exact) mass is 695 g/mol. The molecular weight excluding hydrogens is 659 g/mol. The maximum absolute atomic E-state index is 2.53. The molecule has 0 bridgehead atoms. The van der Waals surface area contributed by atoms with Gasteiger partial charge in [0, 0.05) is 32.1 Å². The van der Waals surface area contributed by atoms with Crippen LogP contribution < -0.4 is 4.90 Å². The minimum atomic E-state index is -0.123. The van der Waals surface area contributed by atoms with E-state index in [1.165, 1.54) is 81.5 Å². The van der Waals surface area contributed by atoms with Crippen molar-refractivity contribution in [1.82, 2.24) is 0 Å². The fourth-order valence-corrected chi connectivity index (χ4v) is 9.59. The Balaban J connectivity index is 1.25. The Labute approximate surface area is 315 Å². The standard InChI is InChI=1S/C51H37NS/c1-51(2)45-22-12-9-20-41(45)42-30-29-39(33-46(42)51)52(47-23-13-10-19-40(47)37-17-7-4-8-18-37)48-32-38(31-44-43-21-11-14-24-49(43)53-50(44)48)36-27-25-35(26-28-36)34-15-5-3-6-16-34/h3-33H,1-2H3. The van der Waals surface area contributed by atoms with Crippen molar-refractivity contribution in [3.05, 3.63) is 199 Å². The van der Waals surface area contributed by atoms with Crippen LogP contribution in [0.25, 0.3) is 64.7 Å². The molecule has 9 aromatic rings. The molecule has 1 aliphatic rings. The molecule has 8 aromatic carbocycles. The van der Waals surface area contributed by atoms with Crippen LogP contribution in [0.5, 0.6) is 0 Å². The number of hydrogen-bond donors (Lipinski definition) is 0. The van der Waals surface area contributed by atoms with Gasteiger partial charge in [-0.25, -0.2) is 0 Å². The predicted octanol–water partition coefficient (Wildman–Crippen LogP) is 14.8. The van der Waals surface area contributed by atoms with Gasteiger partial charge in [0.2, 0.25) is 0 Å². The van der Waals surface area contributed by atoms with Crippen LogP contribution in [0.15, 0.2) is 188 Å². The third kappa shape index (κ3) is 5.21. The molecule has 10 rings (SSSR count). The zero-order valence-electron chi connectivity index (χ0n) is 29.8. The lowest BCUT2D eigenvalue weighted by atomic mass is 9.82. The average molecular weight is 696 g/mol. The molecule has 0 N–H and O–H groups in total. The first kappa shape index (κ1) is 31.5. The van der Waals surface area contributed by atoms with Crippen LogP contribution in [0, 0.1) is 0 Å². The van der Waals surface area contributed by atoms with Crippen LogP contribution in [0.2, 0.25) is 0 Å². The van der Waals surface area contributed by atoms with E-state index in [-0.39, 0.29) is 5.41 Å². The van der Waals surface area contributed by atoms with E-state index in [1.54, 1.807) is 0 Å². The molecule has 0 spiro atoms. The second-order valence-corrected chi connectivity index (χ2v) is 15.6. The van der Waals surface area contributed by atoms with Crippen LogP contribution in [0.4, 0.5) is 17.1 Å². The zero-order chi connectivity index (χ0) is 35.5. The van der Waals surface area contributed by atoms with E-state index < -0.39 is 0 Å². The Morgan fingerprint density at radius 3 is 1.75 bits per heavy atom. The van der Waals surface area contributed by atoms with E-state index in [1.807, 2.05) is 11.3 Å². The minimum Gasteiger partial charge on any atom is -0.308 e. The molecule has 1 aliphatic carbocycles. The van der Waals surface area contributed by atoms with Crippen LogP contribution in [-0.4, -0.2) is 0 Å². The van der Waals surface area contributed by atoms with Crippen molar-refractivity contribution < 1.29 is 0 Å². The smallest absolute Gasteiger partial charge is 0.0646 e. The van der Waals surface area contributed by atoms with Crippen molar-refractivity contribution in [1.29, 1.82) is 0 Å². The normalized spacial score (nSPS) is 12.9. The SMILES string of the molecule is CC1(C)c2ccccc2-c2ccc(N(c3ccccc3-c3ccccc3)c3cc(-c4ccc(-c5ccccc5)cc4)cc4c3sc3ccccc34)cc21. The van der Waals surface area contributed by atoms with Crippen LogP contribution in [0.1, 0.15) is 25.0 Å². The minimum absolute atomic E-state index is 0.123. The summed E-state index contributed by atoms with van der Waals surface area (Å²) in [5.41, 5.74) is 16.0. The van der Waals surface area contributed by atoms with E-state index in [4.69, 9.17) is 0 Å². The summed E-state index contributed by atoms with van der Waals surface area (Å²) < 4.78 is 2.57. The molecular formula is C51H37NS. The lowest BCUT2D eigenvalue weighted by molar-refractivity contribution is 0.660. The molecule has 0 amide bonds. The summed E-state index contributed by atoms with van der Waals surface area (Å²) >= 11 is 1.88. The number of para-hydroxylation sites is 1. The van der Waals surface area contributed by atoms with Gasteiger partial charge in [0.05, 0.1) is 16.1 Å². The summed E-state index contributed by atoms with van der Waals surface area (Å²) in [5.74, 6) is 0. The molecule has 0 atom stereocenters. The molecule has 0 aliphatic heterocycles. The first-order chi connectivity index (χ1) is 26.0. The van der Waals surface area contributed by atoms with Gasteiger partial charge >= 0.3 is 0 Å². The van der Waals surface area contributed by atoms with E-state index in [0.29, 0.717) is 0 Å². The molecule has 1 aromatic heterocycles. The van der Waals surface area contributed by atoms with Crippen molar-refractivity contribution in [2.45, 2.75) is 19.3 Å². The highest BCUT2D eigenvalue weighted by Gasteiger charge is 2.36. The lowest BCUT2D eigenvalue weighted by Gasteiger charge is -2.30. The molecule has 252 valence electrons. The average Bonchev–Trinajstić information content (AvgIpc) is 3.71. The number of rotatable bonds is 6. The second-order valence-electron chi connectivity index (χ2n) is 14.5. The fraction of sp³-hybridized carbons (Fsp3) is 0.0588. The van der Waals surface area contributed by atoms with Gasteiger partial charge in [0.15, 0.2) is 0 Å². The van der Waals surface area contributed by atoms with Crippen LogP contribution >= 0.6 is 11.3 Å². The number of nitrogens with zero attached hydrogens (tertiary/aromatic N) is 1. The molecule has 0 fully saturated rings. The number of hydrogen-bond acceptors (Lipinski definition) is 2. The number of benzene rings is 8. The highest BCUT2D eigenvalue weighted by atomic mass is 32.1. The van der Waals surface area contributed by atoms with Crippen molar-refractivity contribution in [2.24, 2.45) is 0 Å². The van der Waals surface area contributed by atoms with E-state index in [0.717, 1.165) is 11.4 Å². The second kappa shape index (κ2) is 12.5. The maximum atomic E-state index is 2.53. The van der Waals surface area contributed by atoms with Gasteiger partial charge in [-0.15, -0.1) is 11.3 Å². The molecule has 1 heterocycles. The van der Waals surface area contributed by atoms with E-state index in [2.05, 4.69) is 207 Å². The van der Waals surface area contributed by atoms with Gasteiger partial charge < -0.3 is 4.90 Å². The molecule has 0 saturated carbocycles. The quantitative estimate of drug-likeness (QED) is 0.167. The molecule has 53 heavy (non-hydrogen) atoms. The number of fused-ring (bicyclic) bond motifs is 6. The Kier molecular flexibility index (Phi) is 7.42. The van der Waals surface area contributed by atoms with E-state index in [9.17, 15) is 0 Å². The highest BCUT2D eigenvalue weighted by molar-refractivity contribution is 7.26. The number of thiophene rings is 1. The largest absolute Gasteiger partial charge is 0.308 e. The third-order valence-electron chi connectivity index (χ3n) is 11.1. The Bertz CT molecular complexity index is 2790. The van der Waals surface area contributed by atoms with Crippen molar-refractivity contribution in [3.8, 4) is 44.5 Å². The first-order valence-corrected chi connectivity index (χ1v) is 19.2. The topological polar surface area (TPSA) is 3.24 Å². The van der Waals surface area contributed by atoms with Crippen LogP contribution in [0.3, 0.4) is 0 Å². The van der Waals surface area contributed by atoms with Crippen molar-refractivity contribution in [2.75, 3.05) is 4.90 Å². The van der Waals surface area contributed by atoms with E-state index >= 15 is 0 Å². The third-order valence-corrected chi connectivity index (χ3v) is 12.3. The zero-order valence-corrected chi connectivity index (χ0v) is 30.6. The molecule has 2 heteroatoms.